The Kier molecular flexibility index (Phi) is 4.00. The summed E-state index contributed by atoms with van der Waals surface area (Å²) < 4.78 is 26.4. The smallest absolute Gasteiger partial charge is 0.248 e. The molecule has 0 saturated heterocycles. The van der Waals surface area contributed by atoms with Crippen molar-refractivity contribution in [2.24, 2.45) is 5.92 Å². The molecule has 0 aromatic heterocycles. The third-order valence-electron chi connectivity index (χ3n) is 4.07. The van der Waals surface area contributed by atoms with E-state index in [9.17, 15) is 8.78 Å². The van der Waals surface area contributed by atoms with Gasteiger partial charge in [-0.1, -0.05) is 24.3 Å². The van der Waals surface area contributed by atoms with E-state index >= 15 is 0 Å². The molecule has 1 N–H and O–H groups in total. The molecule has 1 atom stereocenters. The van der Waals surface area contributed by atoms with Crippen LogP contribution in [0.5, 0.6) is 0 Å². The molecule has 1 aliphatic carbocycles. The highest BCUT2D eigenvalue weighted by molar-refractivity contribution is 5.29. The average Bonchev–Trinajstić information content (AvgIpc) is 2.34. The maximum absolute atomic E-state index is 13.2. The van der Waals surface area contributed by atoms with Crippen molar-refractivity contribution in [3.8, 4) is 0 Å². The molecule has 0 bridgehead atoms. The summed E-state index contributed by atoms with van der Waals surface area (Å²) in [5.74, 6) is -2.13. The van der Waals surface area contributed by atoms with Gasteiger partial charge in [0.2, 0.25) is 5.92 Å². The van der Waals surface area contributed by atoms with E-state index in [1.807, 2.05) is 19.2 Å². The van der Waals surface area contributed by atoms with E-state index in [-0.39, 0.29) is 18.9 Å². The van der Waals surface area contributed by atoms with Gasteiger partial charge in [0.05, 0.1) is 0 Å². The van der Waals surface area contributed by atoms with Gasteiger partial charge in [-0.3, -0.25) is 0 Å². The molecule has 2 rings (SSSR count). The first-order valence-electron chi connectivity index (χ1n) is 6.64. The minimum Gasteiger partial charge on any atom is -0.313 e. The van der Waals surface area contributed by atoms with Crippen molar-refractivity contribution >= 4 is 0 Å². The number of aryl methyl sites for hydroxylation is 1. The van der Waals surface area contributed by atoms with Crippen LogP contribution in [0.25, 0.3) is 0 Å². The molecule has 0 heterocycles. The molecule has 1 unspecified atom stereocenters. The summed E-state index contributed by atoms with van der Waals surface area (Å²) in [6.45, 7) is 2.08. The Labute approximate surface area is 108 Å². The number of nitrogens with one attached hydrogen (secondary N) is 1. The fourth-order valence-electron chi connectivity index (χ4n) is 2.98. The summed E-state index contributed by atoms with van der Waals surface area (Å²) in [5, 5.41) is 3.31. The van der Waals surface area contributed by atoms with Crippen molar-refractivity contribution in [2.75, 3.05) is 7.05 Å². The Hall–Kier alpha value is -0.960. The Morgan fingerprint density at radius 1 is 1.22 bits per heavy atom. The molecule has 100 valence electrons. The van der Waals surface area contributed by atoms with Crippen LogP contribution in [0.3, 0.4) is 0 Å². The van der Waals surface area contributed by atoms with Crippen LogP contribution >= 0.6 is 0 Å². The molecule has 1 nitrogen and oxygen atoms in total. The Morgan fingerprint density at radius 3 is 2.39 bits per heavy atom. The highest BCUT2D eigenvalue weighted by Crippen LogP contribution is 2.41. The van der Waals surface area contributed by atoms with E-state index in [2.05, 4.69) is 24.4 Å². The topological polar surface area (TPSA) is 12.0 Å². The lowest BCUT2D eigenvalue weighted by Crippen LogP contribution is -2.32. The zero-order valence-corrected chi connectivity index (χ0v) is 11.0. The zero-order valence-electron chi connectivity index (χ0n) is 11.0. The summed E-state index contributed by atoms with van der Waals surface area (Å²) in [6, 6.07) is 8.41. The van der Waals surface area contributed by atoms with Gasteiger partial charge in [0.1, 0.15) is 0 Å². The van der Waals surface area contributed by atoms with E-state index < -0.39 is 5.92 Å². The molecule has 1 aromatic carbocycles. The zero-order chi connectivity index (χ0) is 13.2. The second-order valence-electron chi connectivity index (χ2n) is 5.32. The maximum Gasteiger partial charge on any atom is 0.248 e. The van der Waals surface area contributed by atoms with Gasteiger partial charge in [-0.2, -0.15) is 0 Å². The van der Waals surface area contributed by atoms with Gasteiger partial charge in [-0.25, -0.2) is 8.78 Å². The highest BCUT2D eigenvalue weighted by Gasteiger charge is 2.37. The molecule has 0 amide bonds. The van der Waals surface area contributed by atoms with Crippen molar-refractivity contribution in [1.82, 2.24) is 5.32 Å². The van der Waals surface area contributed by atoms with E-state index in [0.717, 1.165) is 0 Å². The summed E-state index contributed by atoms with van der Waals surface area (Å²) >= 11 is 0. The Balaban J connectivity index is 2.13. The summed E-state index contributed by atoms with van der Waals surface area (Å²) in [6.07, 6.45) is 1.27. The lowest BCUT2D eigenvalue weighted by molar-refractivity contribution is -0.0495. The van der Waals surface area contributed by atoms with Crippen LogP contribution in [0.15, 0.2) is 24.3 Å². The molecule has 1 fully saturated rings. The van der Waals surface area contributed by atoms with Gasteiger partial charge in [-0.05, 0) is 43.9 Å². The molecule has 18 heavy (non-hydrogen) atoms. The molecule has 1 saturated carbocycles. The van der Waals surface area contributed by atoms with Gasteiger partial charge >= 0.3 is 0 Å². The van der Waals surface area contributed by atoms with Crippen molar-refractivity contribution in [1.29, 1.82) is 0 Å². The largest absolute Gasteiger partial charge is 0.313 e. The number of halogens is 2. The van der Waals surface area contributed by atoms with Gasteiger partial charge in [0.15, 0.2) is 0 Å². The average molecular weight is 253 g/mol. The third kappa shape index (κ3) is 2.89. The van der Waals surface area contributed by atoms with Crippen molar-refractivity contribution in [2.45, 2.75) is 44.6 Å². The van der Waals surface area contributed by atoms with Crippen LogP contribution in [-0.2, 0) is 0 Å². The van der Waals surface area contributed by atoms with E-state index in [1.54, 1.807) is 0 Å². The molecular weight excluding hydrogens is 232 g/mol. The minimum absolute atomic E-state index is 0.0295. The van der Waals surface area contributed by atoms with E-state index in [4.69, 9.17) is 0 Å². The first-order valence-corrected chi connectivity index (χ1v) is 6.64. The first kappa shape index (κ1) is 13.5. The molecular formula is C15H21F2N. The number of hydrogen-bond acceptors (Lipinski definition) is 1. The number of rotatable bonds is 3. The SMILES string of the molecule is CNC(c1ccccc1C)C1CCC(F)(F)CC1. The highest BCUT2D eigenvalue weighted by atomic mass is 19.3. The molecule has 0 aliphatic heterocycles. The van der Waals surface area contributed by atoms with Gasteiger partial charge < -0.3 is 5.32 Å². The quantitative estimate of drug-likeness (QED) is 0.855. The number of benzene rings is 1. The van der Waals surface area contributed by atoms with Crippen LogP contribution in [0.1, 0.15) is 42.9 Å². The molecule has 3 heteroatoms. The van der Waals surface area contributed by atoms with E-state index in [0.29, 0.717) is 18.8 Å². The molecule has 1 aliphatic rings. The predicted octanol–water partition coefficient (Wildman–Crippen LogP) is 4.08. The molecule has 0 radical (unpaired) electrons. The number of hydrogen-bond donors (Lipinski definition) is 1. The van der Waals surface area contributed by atoms with Crippen molar-refractivity contribution < 1.29 is 8.78 Å². The third-order valence-corrected chi connectivity index (χ3v) is 4.07. The Bertz CT molecular complexity index is 393. The second-order valence-corrected chi connectivity index (χ2v) is 5.32. The summed E-state index contributed by atoms with van der Waals surface area (Å²) in [7, 11) is 1.92. The normalized spacial score (nSPS) is 21.8. The second kappa shape index (κ2) is 5.35. The van der Waals surface area contributed by atoms with Gasteiger partial charge in [-0.15, -0.1) is 0 Å². The summed E-state index contributed by atoms with van der Waals surface area (Å²) in [5.41, 5.74) is 2.48. The van der Waals surface area contributed by atoms with Crippen molar-refractivity contribution in [3.63, 3.8) is 0 Å². The van der Waals surface area contributed by atoms with Crippen LogP contribution in [-0.4, -0.2) is 13.0 Å². The minimum atomic E-state index is -2.44. The standard InChI is InChI=1S/C15H21F2N/c1-11-5-3-4-6-13(11)14(18-2)12-7-9-15(16,17)10-8-12/h3-6,12,14,18H,7-10H2,1-2H3. The lowest BCUT2D eigenvalue weighted by Gasteiger charge is -2.34. The fraction of sp³-hybridized carbons (Fsp3) is 0.600. The van der Waals surface area contributed by atoms with Crippen LogP contribution in [0.4, 0.5) is 8.78 Å². The first-order chi connectivity index (χ1) is 8.53. The fourth-order valence-corrected chi connectivity index (χ4v) is 2.98. The predicted molar refractivity (Wildman–Crippen MR) is 69.9 cm³/mol. The lowest BCUT2D eigenvalue weighted by atomic mass is 9.79. The van der Waals surface area contributed by atoms with Crippen molar-refractivity contribution in [3.05, 3.63) is 35.4 Å². The Morgan fingerprint density at radius 2 is 1.83 bits per heavy atom. The van der Waals surface area contributed by atoms with Gasteiger partial charge in [0.25, 0.3) is 0 Å². The van der Waals surface area contributed by atoms with Gasteiger partial charge in [0, 0.05) is 18.9 Å². The summed E-state index contributed by atoms with van der Waals surface area (Å²) in [4.78, 5) is 0. The van der Waals surface area contributed by atoms with Crippen LogP contribution in [0.2, 0.25) is 0 Å². The molecule has 0 spiro atoms. The number of alkyl halides is 2. The molecule has 1 aromatic rings. The van der Waals surface area contributed by atoms with Crippen LogP contribution in [0, 0.1) is 12.8 Å². The monoisotopic (exact) mass is 253 g/mol. The van der Waals surface area contributed by atoms with E-state index in [1.165, 1.54) is 11.1 Å². The van der Waals surface area contributed by atoms with Crippen LogP contribution < -0.4 is 5.32 Å². The maximum atomic E-state index is 13.2.